The molecule has 0 fully saturated rings. The minimum absolute atomic E-state index is 0.307. The number of carbonyl (C=O) groups excluding carboxylic acids is 1. The Morgan fingerprint density at radius 2 is 1.95 bits per heavy atom. The molecule has 0 aliphatic heterocycles. The molecule has 0 aromatic heterocycles. The average molecular weight is 265 g/mol. The molecule has 1 unspecified atom stereocenters. The smallest absolute Gasteiger partial charge is 0.347 e. The first-order valence-corrected chi connectivity index (χ1v) is 6.69. The molecule has 2 N–H and O–H groups in total. The Labute approximate surface area is 114 Å². The van der Waals surface area contributed by atoms with Crippen LogP contribution in [0.25, 0.3) is 0 Å². The van der Waals surface area contributed by atoms with Crippen molar-refractivity contribution in [2.75, 3.05) is 12.3 Å². The third-order valence-corrected chi connectivity index (χ3v) is 2.93. The number of nitrogens with two attached hydrogens (primary N) is 1. The Kier molecular flexibility index (Phi) is 5.67. The lowest BCUT2D eigenvalue weighted by molar-refractivity contribution is -0.151. The number of anilines is 1. The van der Waals surface area contributed by atoms with Crippen LogP contribution >= 0.6 is 0 Å². The number of benzene rings is 1. The van der Waals surface area contributed by atoms with E-state index in [1.165, 1.54) is 0 Å². The van der Waals surface area contributed by atoms with Gasteiger partial charge in [0.1, 0.15) is 5.75 Å². The van der Waals surface area contributed by atoms with Crippen LogP contribution < -0.4 is 10.5 Å². The summed E-state index contributed by atoms with van der Waals surface area (Å²) in [6.45, 7) is 8.00. The van der Waals surface area contributed by atoms with Gasteiger partial charge in [-0.3, -0.25) is 0 Å². The van der Waals surface area contributed by atoms with Crippen LogP contribution in [0, 0.1) is 13.8 Å². The van der Waals surface area contributed by atoms with Crippen LogP contribution in [-0.4, -0.2) is 18.7 Å². The van der Waals surface area contributed by atoms with Gasteiger partial charge < -0.3 is 15.2 Å². The van der Waals surface area contributed by atoms with Crippen molar-refractivity contribution in [1.82, 2.24) is 0 Å². The largest absolute Gasteiger partial charge is 0.478 e. The van der Waals surface area contributed by atoms with Crippen LogP contribution in [0.1, 0.15) is 37.8 Å². The van der Waals surface area contributed by atoms with E-state index in [1.54, 1.807) is 6.92 Å². The number of ether oxygens (including phenoxy) is 2. The number of esters is 1. The minimum atomic E-state index is -0.549. The van der Waals surface area contributed by atoms with Crippen molar-refractivity contribution in [2.45, 2.75) is 46.6 Å². The summed E-state index contributed by atoms with van der Waals surface area (Å²) in [5.74, 6) is 0.386. The number of hydrogen-bond acceptors (Lipinski definition) is 4. The maximum Gasteiger partial charge on any atom is 0.347 e. The van der Waals surface area contributed by atoms with Crippen molar-refractivity contribution in [3.8, 4) is 5.75 Å². The van der Waals surface area contributed by atoms with Crippen molar-refractivity contribution in [3.05, 3.63) is 23.3 Å². The Balaban J connectivity index is 2.90. The standard InChI is InChI=1S/C15H23NO3/c1-5-7-13(15(17)18-6-2)19-14-9-10(3)12(16)8-11(14)4/h8-9,13H,5-7,16H2,1-4H3. The fraction of sp³-hybridized carbons (Fsp3) is 0.533. The lowest BCUT2D eigenvalue weighted by atomic mass is 10.1. The van der Waals surface area contributed by atoms with E-state index in [1.807, 2.05) is 32.9 Å². The highest BCUT2D eigenvalue weighted by molar-refractivity contribution is 5.75. The molecule has 106 valence electrons. The SMILES string of the molecule is CCCC(Oc1cc(C)c(N)cc1C)C(=O)OCC. The van der Waals surface area contributed by atoms with E-state index in [0.29, 0.717) is 18.8 Å². The molecular weight excluding hydrogens is 242 g/mol. The summed E-state index contributed by atoms with van der Waals surface area (Å²) in [4.78, 5) is 11.8. The molecule has 4 nitrogen and oxygen atoms in total. The third kappa shape index (κ3) is 4.16. The molecule has 0 spiro atoms. The molecule has 0 bridgehead atoms. The maximum atomic E-state index is 11.8. The summed E-state index contributed by atoms with van der Waals surface area (Å²) in [7, 11) is 0. The van der Waals surface area contributed by atoms with Crippen molar-refractivity contribution >= 4 is 11.7 Å². The monoisotopic (exact) mass is 265 g/mol. The first-order chi connectivity index (χ1) is 8.99. The molecule has 19 heavy (non-hydrogen) atoms. The Morgan fingerprint density at radius 3 is 2.53 bits per heavy atom. The molecule has 0 radical (unpaired) electrons. The van der Waals surface area contributed by atoms with Crippen LogP contribution in [-0.2, 0) is 9.53 Å². The average Bonchev–Trinajstić information content (AvgIpc) is 2.35. The highest BCUT2D eigenvalue weighted by Crippen LogP contribution is 2.26. The molecule has 0 amide bonds. The van der Waals surface area contributed by atoms with Gasteiger partial charge in [0.05, 0.1) is 6.61 Å². The topological polar surface area (TPSA) is 61.5 Å². The molecule has 0 saturated heterocycles. The highest BCUT2D eigenvalue weighted by Gasteiger charge is 2.21. The quantitative estimate of drug-likeness (QED) is 0.634. The molecule has 0 saturated carbocycles. The van der Waals surface area contributed by atoms with Gasteiger partial charge in [-0.15, -0.1) is 0 Å². The van der Waals surface area contributed by atoms with E-state index < -0.39 is 6.10 Å². The summed E-state index contributed by atoms with van der Waals surface area (Å²) in [6.07, 6.45) is 0.949. The molecule has 1 atom stereocenters. The van der Waals surface area contributed by atoms with Gasteiger partial charge in [0.25, 0.3) is 0 Å². The lowest BCUT2D eigenvalue weighted by Crippen LogP contribution is -2.29. The Hall–Kier alpha value is -1.71. The van der Waals surface area contributed by atoms with Crippen LogP contribution in [0.2, 0.25) is 0 Å². The van der Waals surface area contributed by atoms with E-state index in [0.717, 1.165) is 23.2 Å². The number of rotatable bonds is 6. The molecule has 1 rings (SSSR count). The van der Waals surface area contributed by atoms with Gasteiger partial charge in [0.15, 0.2) is 6.10 Å². The molecular formula is C15H23NO3. The first kappa shape index (κ1) is 15.3. The van der Waals surface area contributed by atoms with Gasteiger partial charge in [0, 0.05) is 5.69 Å². The molecule has 1 aromatic rings. The lowest BCUT2D eigenvalue weighted by Gasteiger charge is -2.19. The summed E-state index contributed by atoms with van der Waals surface area (Å²) < 4.78 is 10.8. The van der Waals surface area contributed by atoms with E-state index in [-0.39, 0.29) is 5.97 Å². The highest BCUT2D eigenvalue weighted by atomic mass is 16.6. The number of aryl methyl sites for hydroxylation is 2. The third-order valence-electron chi connectivity index (χ3n) is 2.93. The fourth-order valence-corrected chi connectivity index (χ4v) is 1.81. The first-order valence-electron chi connectivity index (χ1n) is 6.69. The van der Waals surface area contributed by atoms with Crippen molar-refractivity contribution < 1.29 is 14.3 Å². The van der Waals surface area contributed by atoms with Crippen LogP contribution in [0.3, 0.4) is 0 Å². The number of hydrogen-bond donors (Lipinski definition) is 1. The predicted molar refractivity (Wildman–Crippen MR) is 76.3 cm³/mol. The molecule has 1 aromatic carbocycles. The van der Waals surface area contributed by atoms with Gasteiger partial charge in [-0.25, -0.2) is 4.79 Å². The zero-order chi connectivity index (χ0) is 14.4. The summed E-state index contributed by atoms with van der Waals surface area (Å²) in [6, 6.07) is 3.73. The van der Waals surface area contributed by atoms with E-state index in [2.05, 4.69) is 0 Å². The predicted octanol–water partition coefficient (Wildman–Crippen LogP) is 3.00. The van der Waals surface area contributed by atoms with Gasteiger partial charge in [-0.2, -0.15) is 0 Å². The van der Waals surface area contributed by atoms with Gasteiger partial charge in [-0.05, 0) is 50.5 Å². The Morgan fingerprint density at radius 1 is 1.26 bits per heavy atom. The maximum absolute atomic E-state index is 11.8. The van der Waals surface area contributed by atoms with E-state index >= 15 is 0 Å². The summed E-state index contributed by atoms with van der Waals surface area (Å²) in [5, 5.41) is 0. The van der Waals surface area contributed by atoms with Gasteiger partial charge in [-0.1, -0.05) is 13.3 Å². The second-order valence-electron chi connectivity index (χ2n) is 4.62. The fourth-order valence-electron chi connectivity index (χ4n) is 1.81. The van der Waals surface area contributed by atoms with Crippen molar-refractivity contribution in [3.63, 3.8) is 0 Å². The second kappa shape index (κ2) is 7.02. The molecule has 0 aliphatic carbocycles. The normalized spacial score (nSPS) is 12.0. The minimum Gasteiger partial charge on any atom is -0.478 e. The van der Waals surface area contributed by atoms with Gasteiger partial charge >= 0.3 is 5.97 Å². The number of nitrogen functional groups attached to an aromatic ring is 1. The molecule has 4 heteroatoms. The van der Waals surface area contributed by atoms with Crippen LogP contribution in [0.5, 0.6) is 5.75 Å². The molecule has 0 heterocycles. The zero-order valence-electron chi connectivity index (χ0n) is 12.2. The van der Waals surface area contributed by atoms with Crippen molar-refractivity contribution in [2.24, 2.45) is 0 Å². The van der Waals surface area contributed by atoms with Gasteiger partial charge in [0.2, 0.25) is 0 Å². The van der Waals surface area contributed by atoms with Crippen LogP contribution in [0.4, 0.5) is 5.69 Å². The summed E-state index contributed by atoms with van der Waals surface area (Å²) >= 11 is 0. The van der Waals surface area contributed by atoms with Crippen molar-refractivity contribution in [1.29, 1.82) is 0 Å². The van der Waals surface area contributed by atoms with E-state index in [9.17, 15) is 4.79 Å². The number of carbonyl (C=O) groups is 1. The second-order valence-corrected chi connectivity index (χ2v) is 4.62. The summed E-state index contributed by atoms with van der Waals surface area (Å²) in [5.41, 5.74) is 8.44. The zero-order valence-corrected chi connectivity index (χ0v) is 12.2. The van der Waals surface area contributed by atoms with E-state index in [4.69, 9.17) is 15.2 Å². The Bertz CT molecular complexity index is 443. The van der Waals surface area contributed by atoms with Crippen LogP contribution in [0.15, 0.2) is 12.1 Å². The molecule has 0 aliphatic rings.